The summed E-state index contributed by atoms with van der Waals surface area (Å²) in [6.07, 6.45) is 0.888. The van der Waals surface area contributed by atoms with Crippen LogP contribution < -0.4 is 10.2 Å². The number of rotatable bonds is 4. The smallest absolute Gasteiger partial charge is 0.338 e. The summed E-state index contributed by atoms with van der Waals surface area (Å²) in [5, 5.41) is 3.14. The van der Waals surface area contributed by atoms with Crippen molar-refractivity contribution in [3.8, 4) is 0 Å². The molecule has 1 aliphatic rings. The number of methoxy groups -OCH3 is 1. The minimum atomic E-state index is -0.379. The summed E-state index contributed by atoms with van der Waals surface area (Å²) in [6.45, 7) is 2.73. The maximum atomic E-state index is 12.5. The first-order valence-electron chi connectivity index (χ1n) is 7.92. The van der Waals surface area contributed by atoms with Crippen molar-refractivity contribution in [1.29, 1.82) is 0 Å². The third-order valence-corrected chi connectivity index (χ3v) is 4.36. The number of amides is 1. The summed E-state index contributed by atoms with van der Waals surface area (Å²) in [6, 6.07) is 13.3. The van der Waals surface area contributed by atoms with Crippen molar-refractivity contribution < 1.29 is 14.3 Å². The fourth-order valence-electron chi connectivity index (χ4n) is 3.02. The van der Waals surface area contributed by atoms with Crippen LogP contribution in [0.5, 0.6) is 0 Å². The van der Waals surface area contributed by atoms with E-state index in [4.69, 9.17) is 4.74 Å². The normalized spacial score (nSPS) is 12.7. The first kappa shape index (κ1) is 16.1. The van der Waals surface area contributed by atoms with Gasteiger partial charge in [-0.25, -0.2) is 4.79 Å². The molecule has 1 heterocycles. The molecule has 0 spiro atoms. The van der Waals surface area contributed by atoms with Crippen LogP contribution in [-0.4, -0.2) is 32.1 Å². The van der Waals surface area contributed by atoms with Crippen LogP contribution in [0.4, 0.5) is 11.4 Å². The number of fused-ring (bicyclic) bond motifs is 1. The molecule has 0 saturated heterocycles. The van der Waals surface area contributed by atoms with E-state index < -0.39 is 0 Å². The molecule has 0 saturated carbocycles. The summed E-state index contributed by atoms with van der Waals surface area (Å²) in [5.41, 5.74) is 4.23. The van der Waals surface area contributed by atoms with Gasteiger partial charge in [0.05, 0.1) is 19.2 Å². The van der Waals surface area contributed by atoms with Crippen molar-refractivity contribution in [2.75, 3.05) is 30.4 Å². The standard InChI is InChI=1S/C19H20N2O3/c1-13-15(19(23)24-2)7-5-8-16(13)20-12-18(22)21-11-10-14-6-3-4-9-17(14)21/h3-9,20H,10-12H2,1-2H3. The number of carbonyl (C=O) groups is 2. The number of benzene rings is 2. The molecule has 1 aliphatic heterocycles. The van der Waals surface area contributed by atoms with E-state index >= 15 is 0 Å². The molecule has 1 amide bonds. The molecule has 0 atom stereocenters. The van der Waals surface area contributed by atoms with E-state index in [0.717, 1.165) is 23.4 Å². The number of esters is 1. The largest absolute Gasteiger partial charge is 0.465 e. The van der Waals surface area contributed by atoms with Crippen molar-refractivity contribution >= 4 is 23.3 Å². The minimum Gasteiger partial charge on any atom is -0.465 e. The van der Waals surface area contributed by atoms with Crippen LogP contribution in [-0.2, 0) is 16.0 Å². The highest BCUT2D eigenvalue weighted by Crippen LogP contribution is 2.27. The molecule has 1 N–H and O–H groups in total. The van der Waals surface area contributed by atoms with Crippen LogP contribution >= 0.6 is 0 Å². The van der Waals surface area contributed by atoms with Crippen molar-refractivity contribution in [2.24, 2.45) is 0 Å². The van der Waals surface area contributed by atoms with E-state index in [9.17, 15) is 9.59 Å². The molecule has 0 radical (unpaired) electrons. The number of nitrogens with one attached hydrogen (secondary N) is 1. The Balaban J connectivity index is 1.71. The molecular weight excluding hydrogens is 304 g/mol. The van der Waals surface area contributed by atoms with Crippen molar-refractivity contribution in [3.63, 3.8) is 0 Å². The Morgan fingerprint density at radius 3 is 2.75 bits per heavy atom. The van der Waals surface area contributed by atoms with Gasteiger partial charge in [-0.1, -0.05) is 24.3 Å². The number of nitrogens with zero attached hydrogens (tertiary/aromatic N) is 1. The molecule has 24 heavy (non-hydrogen) atoms. The maximum Gasteiger partial charge on any atom is 0.338 e. The summed E-state index contributed by atoms with van der Waals surface area (Å²) >= 11 is 0. The van der Waals surface area contributed by atoms with Gasteiger partial charge in [-0.3, -0.25) is 4.79 Å². The van der Waals surface area contributed by atoms with Crippen molar-refractivity contribution in [3.05, 3.63) is 59.2 Å². The van der Waals surface area contributed by atoms with Gasteiger partial charge in [0.1, 0.15) is 0 Å². The van der Waals surface area contributed by atoms with Gasteiger partial charge < -0.3 is 15.0 Å². The summed E-state index contributed by atoms with van der Waals surface area (Å²) in [4.78, 5) is 26.1. The van der Waals surface area contributed by atoms with E-state index in [0.29, 0.717) is 12.1 Å². The average molecular weight is 324 g/mol. The first-order chi connectivity index (χ1) is 11.6. The lowest BCUT2D eigenvalue weighted by Crippen LogP contribution is -2.34. The van der Waals surface area contributed by atoms with Gasteiger partial charge in [0, 0.05) is 17.9 Å². The molecule has 0 aliphatic carbocycles. The number of hydrogen-bond acceptors (Lipinski definition) is 4. The average Bonchev–Trinajstić information content (AvgIpc) is 3.04. The Morgan fingerprint density at radius 2 is 1.96 bits per heavy atom. The van der Waals surface area contributed by atoms with Gasteiger partial charge in [-0.15, -0.1) is 0 Å². The van der Waals surface area contributed by atoms with Crippen molar-refractivity contribution in [1.82, 2.24) is 0 Å². The first-order valence-corrected chi connectivity index (χ1v) is 7.92. The predicted octanol–water partition coefficient (Wildman–Crippen LogP) is 2.78. The van der Waals surface area contributed by atoms with Crippen LogP contribution in [0.1, 0.15) is 21.5 Å². The van der Waals surface area contributed by atoms with Crippen LogP contribution in [0, 0.1) is 6.92 Å². The van der Waals surface area contributed by atoms with Crippen LogP contribution in [0.25, 0.3) is 0 Å². The Bertz CT molecular complexity index is 786. The van der Waals surface area contributed by atoms with E-state index in [2.05, 4.69) is 11.4 Å². The topological polar surface area (TPSA) is 58.6 Å². The Labute approximate surface area is 141 Å². The number of anilines is 2. The SMILES string of the molecule is COC(=O)c1cccc(NCC(=O)N2CCc3ccccc32)c1C. The predicted molar refractivity (Wildman–Crippen MR) is 93.5 cm³/mol. The second-order valence-corrected chi connectivity index (χ2v) is 5.75. The molecule has 0 bridgehead atoms. The van der Waals surface area contributed by atoms with Gasteiger partial charge in [0.15, 0.2) is 0 Å². The molecular formula is C19H20N2O3. The van der Waals surface area contributed by atoms with E-state index in [1.54, 1.807) is 12.1 Å². The summed E-state index contributed by atoms with van der Waals surface area (Å²) < 4.78 is 4.78. The zero-order valence-corrected chi connectivity index (χ0v) is 13.8. The zero-order chi connectivity index (χ0) is 17.1. The highest BCUT2D eigenvalue weighted by atomic mass is 16.5. The fraction of sp³-hybridized carbons (Fsp3) is 0.263. The number of para-hydroxylation sites is 1. The van der Waals surface area contributed by atoms with Crippen molar-refractivity contribution in [2.45, 2.75) is 13.3 Å². The van der Waals surface area contributed by atoms with Gasteiger partial charge in [0.25, 0.3) is 0 Å². The van der Waals surface area contributed by atoms with Gasteiger partial charge >= 0.3 is 5.97 Å². The minimum absolute atomic E-state index is 0.0165. The maximum absolute atomic E-state index is 12.5. The van der Waals surface area contributed by atoms with E-state index in [1.807, 2.05) is 36.1 Å². The molecule has 0 aromatic heterocycles. The molecule has 2 aromatic carbocycles. The quantitative estimate of drug-likeness (QED) is 0.879. The Morgan fingerprint density at radius 1 is 1.17 bits per heavy atom. The van der Waals surface area contributed by atoms with Gasteiger partial charge in [-0.2, -0.15) is 0 Å². The summed E-state index contributed by atoms with van der Waals surface area (Å²) in [7, 11) is 1.36. The van der Waals surface area contributed by atoms with Gasteiger partial charge in [-0.05, 0) is 42.7 Å². The third kappa shape index (κ3) is 2.97. The fourth-order valence-corrected chi connectivity index (χ4v) is 3.02. The highest BCUT2D eigenvalue weighted by Gasteiger charge is 2.23. The summed E-state index contributed by atoms with van der Waals surface area (Å²) in [5.74, 6) is -0.362. The van der Waals surface area contributed by atoms with Crippen LogP contribution in [0.15, 0.2) is 42.5 Å². The molecule has 124 valence electrons. The third-order valence-electron chi connectivity index (χ3n) is 4.36. The molecule has 5 heteroatoms. The lowest BCUT2D eigenvalue weighted by molar-refractivity contribution is -0.116. The lowest BCUT2D eigenvalue weighted by atomic mass is 10.1. The molecule has 3 rings (SSSR count). The van der Waals surface area contributed by atoms with E-state index in [-0.39, 0.29) is 18.4 Å². The molecule has 5 nitrogen and oxygen atoms in total. The van der Waals surface area contributed by atoms with Crippen LogP contribution in [0.2, 0.25) is 0 Å². The van der Waals surface area contributed by atoms with Crippen LogP contribution in [0.3, 0.4) is 0 Å². The molecule has 2 aromatic rings. The Kier molecular flexibility index (Phi) is 4.51. The molecule has 0 unspecified atom stereocenters. The monoisotopic (exact) mass is 324 g/mol. The second-order valence-electron chi connectivity index (χ2n) is 5.75. The number of ether oxygens (including phenoxy) is 1. The second kappa shape index (κ2) is 6.74. The number of hydrogen-bond donors (Lipinski definition) is 1. The zero-order valence-electron chi connectivity index (χ0n) is 13.8. The Hall–Kier alpha value is -2.82. The van der Waals surface area contributed by atoms with E-state index in [1.165, 1.54) is 12.7 Å². The van der Waals surface area contributed by atoms with Gasteiger partial charge in [0.2, 0.25) is 5.91 Å². The highest BCUT2D eigenvalue weighted by molar-refractivity contribution is 5.98. The number of carbonyl (C=O) groups excluding carboxylic acids is 2. The molecule has 0 fully saturated rings. The lowest BCUT2D eigenvalue weighted by Gasteiger charge is -2.19.